The number of anilines is 1. The lowest BCUT2D eigenvalue weighted by atomic mass is 10.2. The highest BCUT2D eigenvalue weighted by Gasteiger charge is 2.17. The molecule has 0 aliphatic carbocycles. The van der Waals surface area contributed by atoms with Crippen molar-refractivity contribution in [1.82, 2.24) is 4.98 Å². The summed E-state index contributed by atoms with van der Waals surface area (Å²) >= 11 is 1.18. The summed E-state index contributed by atoms with van der Waals surface area (Å²) in [6.45, 7) is 2.05. The number of ether oxygens (including phenoxy) is 1. The van der Waals surface area contributed by atoms with Gasteiger partial charge in [0.25, 0.3) is 5.91 Å². The highest BCUT2D eigenvalue weighted by Crippen LogP contribution is 2.26. The first kappa shape index (κ1) is 21.7. The minimum absolute atomic E-state index is 0. The van der Waals surface area contributed by atoms with E-state index in [9.17, 15) is 4.79 Å². The van der Waals surface area contributed by atoms with Gasteiger partial charge in [-0.15, -0.1) is 0 Å². The lowest BCUT2D eigenvalue weighted by Crippen LogP contribution is -3.61. The van der Waals surface area contributed by atoms with Crippen LogP contribution in [-0.4, -0.2) is 18.0 Å². The van der Waals surface area contributed by atoms with Crippen LogP contribution in [0.4, 0.5) is 5.13 Å². The Morgan fingerprint density at radius 2 is 1.83 bits per heavy atom. The number of methoxy groups -OCH3 is 1. The Labute approximate surface area is 194 Å². The van der Waals surface area contributed by atoms with Crippen molar-refractivity contribution < 1.29 is 47.7 Å². The average molecular weight is 581 g/mol. The minimum Gasteiger partial charge on any atom is -1.00 e. The number of aromatic nitrogens is 1. The Kier molecular flexibility index (Phi) is 7.26. The Morgan fingerprint density at radius 3 is 2.59 bits per heavy atom. The van der Waals surface area contributed by atoms with E-state index in [0.29, 0.717) is 10.7 Å². The van der Waals surface area contributed by atoms with E-state index in [0.717, 1.165) is 16.0 Å². The standard InChI is InChI=1S/C22H17IN2O2S.BrH/c1-14-6-11-19-20(12-14)28-22(24-19)25-21(26)15-7-9-16(10-8-15)23-17-4-3-5-18(13-17)27-2;/h3-13H,1-2H3;1H. The number of benzene rings is 3. The van der Waals surface area contributed by atoms with Crippen molar-refractivity contribution >= 4 is 32.6 Å². The summed E-state index contributed by atoms with van der Waals surface area (Å²) in [7, 11) is 1.68. The number of nitrogens with one attached hydrogen (secondary N) is 1. The van der Waals surface area contributed by atoms with E-state index in [1.54, 1.807) is 7.11 Å². The van der Waals surface area contributed by atoms with Gasteiger partial charge in [0.2, 0.25) is 0 Å². The van der Waals surface area contributed by atoms with E-state index in [-0.39, 0.29) is 44.1 Å². The second kappa shape index (κ2) is 9.69. The van der Waals surface area contributed by atoms with Crippen LogP contribution in [-0.2, 0) is 0 Å². The van der Waals surface area contributed by atoms with Gasteiger partial charge < -0.3 is 21.7 Å². The first-order chi connectivity index (χ1) is 13.6. The molecule has 1 amide bonds. The van der Waals surface area contributed by atoms with Crippen molar-refractivity contribution in [3.8, 4) is 5.75 Å². The molecule has 0 aliphatic heterocycles. The zero-order valence-electron chi connectivity index (χ0n) is 15.8. The third-order valence-electron chi connectivity index (χ3n) is 4.12. The maximum atomic E-state index is 12.6. The number of halogens is 2. The summed E-state index contributed by atoms with van der Waals surface area (Å²) in [5.41, 5.74) is 2.72. The van der Waals surface area contributed by atoms with Crippen LogP contribution in [0.3, 0.4) is 0 Å². The van der Waals surface area contributed by atoms with Gasteiger partial charge in [0.15, 0.2) is 12.3 Å². The Bertz CT molecular complexity index is 1150. The topological polar surface area (TPSA) is 51.2 Å². The first-order valence-electron chi connectivity index (χ1n) is 8.68. The predicted octanol–water partition coefficient (Wildman–Crippen LogP) is -1.00. The number of hydrogen-bond acceptors (Lipinski definition) is 4. The monoisotopic (exact) mass is 580 g/mol. The lowest BCUT2D eigenvalue weighted by molar-refractivity contribution is -0.597. The second-order valence-electron chi connectivity index (χ2n) is 6.21. The van der Waals surface area contributed by atoms with Crippen LogP contribution >= 0.6 is 11.3 Å². The fraction of sp³-hybridized carbons (Fsp3) is 0.0909. The number of fused-ring (bicyclic) bond motifs is 1. The van der Waals surface area contributed by atoms with Crippen molar-refractivity contribution in [1.29, 1.82) is 0 Å². The largest absolute Gasteiger partial charge is 1.00 e. The highest BCUT2D eigenvalue weighted by molar-refractivity contribution is 7.22. The van der Waals surface area contributed by atoms with Crippen molar-refractivity contribution in [3.63, 3.8) is 0 Å². The van der Waals surface area contributed by atoms with Gasteiger partial charge in [-0.3, -0.25) is 10.1 Å². The Balaban J connectivity index is 0.00000240. The SMILES string of the molecule is COc1cccc([I+]c2ccc(C(=O)Nc3nc4ccc(C)cc4s3)cc2)c1.[Br-]. The highest BCUT2D eigenvalue weighted by atomic mass is 127. The molecule has 7 heteroatoms. The molecule has 4 rings (SSSR count). The molecule has 0 aliphatic rings. The smallest absolute Gasteiger partial charge is 0.358 e. The summed E-state index contributed by atoms with van der Waals surface area (Å²) < 4.78 is 8.89. The fourth-order valence-electron chi connectivity index (χ4n) is 2.70. The summed E-state index contributed by atoms with van der Waals surface area (Å²) in [5, 5.41) is 3.54. The maximum absolute atomic E-state index is 12.6. The normalized spacial score (nSPS) is 10.4. The third-order valence-corrected chi connectivity index (χ3v) is 7.69. The summed E-state index contributed by atoms with van der Waals surface area (Å²) in [6, 6.07) is 22.1. The first-order valence-corrected chi connectivity index (χ1v) is 11.7. The van der Waals surface area contributed by atoms with Gasteiger partial charge in [0.1, 0.15) is 5.75 Å². The van der Waals surface area contributed by atoms with Gasteiger partial charge in [0.05, 0.1) is 17.3 Å². The molecule has 3 aromatic carbocycles. The van der Waals surface area contributed by atoms with E-state index >= 15 is 0 Å². The van der Waals surface area contributed by atoms with E-state index < -0.39 is 0 Å². The summed E-state index contributed by atoms with van der Waals surface area (Å²) in [5.74, 6) is 0.737. The van der Waals surface area contributed by atoms with Crippen LogP contribution in [0, 0.1) is 14.1 Å². The number of amides is 1. The Morgan fingerprint density at radius 1 is 1.03 bits per heavy atom. The van der Waals surface area contributed by atoms with E-state index in [2.05, 4.69) is 28.5 Å². The second-order valence-corrected chi connectivity index (χ2v) is 10.3. The zero-order chi connectivity index (χ0) is 19.5. The molecule has 1 heterocycles. The molecule has 0 unspecified atom stereocenters. The van der Waals surface area contributed by atoms with Gasteiger partial charge in [-0.1, -0.05) is 23.5 Å². The van der Waals surface area contributed by atoms with Crippen LogP contribution in [0.5, 0.6) is 5.75 Å². The van der Waals surface area contributed by atoms with E-state index in [1.165, 1.54) is 24.0 Å². The van der Waals surface area contributed by atoms with Crippen LogP contribution in [0.25, 0.3) is 10.2 Å². The molecule has 29 heavy (non-hydrogen) atoms. The molecule has 0 saturated heterocycles. The molecular weight excluding hydrogens is 563 g/mol. The Hall–Kier alpha value is -1.97. The predicted molar refractivity (Wildman–Crippen MR) is 109 cm³/mol. The van der Waals surface area contributed by atoms with Crippen LogP contribution in [0.2, 0.25) is 0 Å². The molecule has 0 spiro atoms. The molecule has 148 valence electrons. The molecule has 0 bridgehead atoms. The lowest BCUT2D eigenvalue weighted by Gasteiger charge is -2.00. The number of carbonyl (C=O) groups is 1. The fourth-order valence-corrected chi connectivity index (χ4v) is 5.95. The van der Waals surface area contributed by atoms with Gasteiger partial charge in [0, 0.05) is 11.6 Å². The van der Waals surface area contributed by atoms with Crippen molar-refractivity contribution in [2.24, 2.45) is 0 Å². The maximum Gasteiger partial charge on any atom is 0.358 e. The van der Waals surface area contributed by atoms with Gasteiger partial charge in [-0.05, 0) is 61.0 Å². The number of thiazole rings is 1. The molecule has 4 nitrogen and oxygen atoms in total. The summed E-state index contributed by atoms with van der Waals surface area (Å²) in [6.07, 6.45) is 0. The minimum atomic E-state index is -0.315. The molecule has 0 saturated carbocycles. The van der Waals surface area contributed by atoms with Gasteiger partial charge in [-0.25, -0.2) is 4.98 Å². The van der Waals surface area contributed by atoms with Crippen molar-refractivity contribution in [2.75, 3.05) is 12.4 Å². The average Bonchev–Trinajstić information content (AvgIpc) is 3.10. The van der Waals surface area contributed by atoms with Crippen molar-refractivity contribution in [2.45, 2.75) is 6.92 Å². The number of rotatable bonds is 5. The number of aryl methyl sites for hydroxylation is 1. The molecular formula is C22H18BrIN2O2S. The summed E-state index contributed by atoms with van der Waals surface area (Å²) in [4.78, 5) is 17.0. The van der Waals surface area contributed by atoms with Gasteiger partial charge in [-0.2, -0.15) is 0 Å². The molecule has 4 aromatic rings. The third kappa shape index (κ3) is 5.34. The molecule has 1 N–H and O–H groups in total. The molecule has 0 fully saturated rings. The molecule has 0 radical (unpaired) electrons. The quantitative estimate of drug-likeness (QED) is 0.308. The van der Waals surface area contributed by atoms with E-state index in [1.807, 2.05) is 55.5 Å². The molecule has 0 atom stereocenters. The van der Waals surface area contributed by atoms with Crippen LogP contribution in [0.1, 0.15) is 15.9 Å². The number of nitrogens with zero attached hydrogens (tertiary/aromatic N) is 1. The zero-order valence-corrected chi connectivity index (χ0v) is 20.3. The number of carbonyl (C=O) groups excluding carboxylic acids is 1. The van der Waals surface area contributed by atoms with Gasteiger partial charge >= 0.3 is 21.2 Å². The van der Waals surface area contributed by atoms with Crippen LogP contribution < -0.4 is 48.2 Å². The van der Waals surface area contributed by atoms with Crippen LogP contribution in [0.15, 0.2) is 66.7 Å². The number of hydrogen-bond donors (Lipinski definition) is 1. The molecule has 1 aromatic heterocycles. The van der Waals surface area contributed by atoms with Crippen molar-refractivity contribution in [3.05, 3.63) is 85.0 Å². The van der Waals surface area contributed by atoms with E-state index in [4.69, 9.17) is 4.74 Å².